The van der Waals surface area contributed by atoms with Crippen LogP contribution in [-0.4, -0.2) is 18.9 Å². The van der Waals surface area contributed by atoms with Gasteiger partial charge in [0.1, 0.15) is 18.9 Å². The molecule has 4 rings (SSSR count). The van der Waals surface area contributed by atoms with Crippen molar-refractivity contribution in [2.45, 2.75) is 46.0 Å². The lowest BCUT2D eigenvalue weighted by Gasteiger charge is -2.59. The molecular weight excluding hydrogens is 312 g/mol. The Morgan fingerprint density at radius 1 is 1.04 bits per heavy atom. The molecule has 25 heavy (non-hydrogen) atoms. The number of allylic oxidation sites excluding steroid dienone is 4. The molecule has 3 saturated carbocycles. The Hall–Kier alpha value is -1.51. The highest BCUT2D eigenvalue weighted by atomic mass is 16.1. The van der Waals surface area contributed by atoms with Crippen LogP contribution < -0.4 is 0 Å². The van der Waals surface area contributed by atoms with Gasteiger partial charge in [-0.1, -0.05) is 37.6 Å². The highest BCUT2D eigenvalue weighted by Crippen LogP contribution is 2.67. The van der Waals surface area contributed by atoms with E-state index in [1.807, 2.05) is 6.08 Å². The van der Waals surface area contributed by atoms with E-state index in [4.69, 9.17) is 0 Å². The first-order valence-electron chi connectivity index (χ1n) is 9.74. The second-order valence-electron chi connectivity index (χ2n) is 9.21. The van der Waals surface area contributed by atoms with Crippen LogP contribution in [0.25, 0.3) is 0 Å². The monoisotopic (exact) mass is 340 g/mol. The van der Waals surface area contributed by atoms with E-state index in [9.17, 15) is 14.4 Å². The van der Waals surface area contributed by atoms with Crippen molar-refractivity contribution in [2.75, 3.05) is 0 Å². The number of aldehydes is 3. The van der Waals surface area contributed by atoms with Gasteiger partial charge >= 0.3 is 0 Å². The summed E-state index contributed by atoms with van der Waals surface area (Å²) in [4.78, 5) is 34.9. The molecule has 0 aromatic heterocycles. The molecule has 0 amide bonds. The quantitative estimate of drug-likeness (QED) is 0.580. The van der Waals surface area contributed by atoms with Crippen LogP contribution in [-0.2, 0) is 14.4 Å². The molecule has 3 fully saturated rings. The summed E-state index contributed by atoms with van der Waals surface area (Å²) in [6, 6.07) is 0. The Balaban J connectivity index is 1.76. The van der Waals surface area contributed by atoms with Gasteiger partial charge in [-0.15, -0.1) is 0 Å². The predicted molar refractivity (Wildman–Crippen MR) is 95.7 cm³/mol. The Bertz CT molecular complexity index is 662. The minimum Gasteiger partial charge on any atom is -0.303 e. The third-order valence-electron chi connectivity index (χ3n) is 8.28. The largest absolute Gasteiger partial charge is 0.303 e. The fourth-order valence-electron chi connectivity index (χ4n) is 7.10. The summed E-state index contributed by atoms with van der Waals surface area (Å²) >= 11 is 0. The minimum atomic E-state index is -0.117. The first kappa shape index (κ1) is 16.9. The van der Waals surface area contributed by atoms with Crippen molar-refractivity contribution in [3.63, 3.8) is 0 Å². The molecule has 4 aliphatic carbocycles. The smallest absolute Gasteiger partial charge is 0.130 e. The van der Waals surface area contributed by atoms with Crippen molar-refractivity contribution in [2.24, 2.45) is 46.3 Å². The topological polar surface area (TPSA) is 51.2 Å². The molecule has 0 saturated heterocycles. The normalized spacial score (nSPS) is 50.9. The Morgan fingerprint density at radius 3 is 2.52 bits per heavy atom. The summed E-state index contributed by atoms with van der Waals surface area (Å²) < 4.78 is 0. The number of carbonyl (C=O) groups is 3. The first-order valence-corrected chi connectivity index (χ1v) is 9.74. The Kier molecular flexibility index (Phi) is 3.90. The van der Waals surface area contributed by atoms with Gasteiger partial charge in [-0.05, 0) is 55.3 Å². The third-order valence-corrected chi connectivity index (χ3v) is 8.28. The van der Waals surface area contributed by atoms with Crippen LogP contribution in [0.1, 0.15) is 46.0 Å². The number of hydrogen-bond donors (Lipinski definition) is 0. The lowest BCUT2D eigenvalue weighted by Crippen LogP contribution is -2.54. The molecule has 3 heteroatoms. The lowest BCUT2D eigenvalue weighted by molar-refractivity contribution is -0.131. The molecule has 0 spiro atoms. The fourth-order valence-corrected chi connectivity index (χ4v) is 7.10. The van der Waals surface area contributed by atoms with Gasteiger partial charge in [0.2, 0.25) is 0 Å². The van der Waals surface area contributed by atoms with E-state index in [0.717, 1.165) is 51.0 Å². The molecule has 0 aromatic rings. The molecule has 8 atom stereocenters. The molecule has 0 bridgehead atoms. The van der Waals surface area contributed by atoms with Gasteiger partial charge in [0, 0.05) is 17.3 Å². The maximum absolute atomic E-state index is 12.1. The van der Waals surface area contributed by atoms with Crippen LogP contribution >= 0.6 is 0 Å². The molecular formula is C22H28O3. The van der Waals surface area contributed by atoms with Crippen LogP contribution in [0.4, 0.5) is 0 Å². The van der Waals surface area contributed by atoms with Crippen molar-refractivity contribution in [1.82, 2.24) is 0 Å². The molecule has 0 aliphatic heterocycles. The Labute approximate surface area is 149 Å². The van der Waals surface area contributed by atoms with Crippen LogP contribution in [0.2, 0.25) is 0 Å². The minimum absolute atomic E-state index is 0.00192. The maximum Gasteiger partial charge on any atom is 0.130 e. The molecule has 4 aliphatic rings. The first-order chi connectivity index (χ1) is 12.0. The van der Waals surface area contributed by atoms with Crippen LogP contribution in [0.15, 0.2) is 23.8 Å². The van der Waals surface area contributed by atoms with E-state index < -0.39 is 0 Å². The van der Waals surface area contributed by atoms with E-state index in [-0.39, 0.29) is 28.6 Å². The second kappa shape index (κ2) is 5.75. The van der Waals surface area contributed by atoms with E-state index in [1.165, 1.54) is 5.57 Å². The zero-order valence-corrected chi connectivity index (χ0v) is 15.2. The summed E-state index contributed by atoms with van der Waals surface area (Å²) in [7, 11) is 0. The fraction of sp³-hybridized carbons (Fsp3) is 0.682. The number of fused-ring (bicyclic) bond motifs is 5. The van der Waals surface area contributed by atoms with Crippen molar-refractivity contribution in [3.05, 3.63) is 23.8 Å². The standard InChI is InChI=1S/C22H28O3/c1-21-8-7-14(11-23)9-16(21)3-5-18-19-6-4-17(13-25)22(19,2)10-15(12-24)20(18)21/h7-9,11-15,17-20H,3-6,10H2,1-2H3/t14?,15?,17?,18-,19-,20-,21-,22+/m0/s1. The number of hydrogen-bond acceptors (Lipinski definition) is 3. The van der Waals surface area contributed by atoms with Gasteiger partial charge in [-0.25, -0.2) is 0 Å². The van der Waals surface area contributed by atoms with Gasteiger partial charge in [0.15, 0.2) is 0 Å². The van der Waals surface area contributed by atoms with Gasteiger partial charge in [0.05, 0.1) is 5.92 Å². The maximum atomic E-state index is 12.1. The van der Waals surface area contributed by atoms with E-state index in [2.05, 4.69) is 26.0 Å². The van der Waals surface area contributed by atoms with Gasteiger partial charge in [0.25, 0.3) is 0 Å². The van der Waals surface area contributed by atoms with Crippen LogP contribution in [0.5, 0.6) is 0 Å². The van der Waals surface area contributed by atoms with E-state index >= 15 is 0 Å². The average molecular weight is 340 g/mol. The molecule has 3 nitrogen and oxygen atoms in total. The molecule has 3 unspecified atom stereocenters. The second-order valence-corrected chi connectivity index (χ2v) is 9.21. The number of carbonyl (C=O) groups excluding carboxylic acids is 3. The highest BCUT2D eigenvalue weighted by molar-refractivity contribution is 5.63. The van der Waals surface area contributed by atoms with Crippen molar-refractivity contribution in [1.29, 1.82) is 0 Å². The zero-order valence-electron chi connectivity index (χ0n) is 15.2. The van der Waals surface area contributed by atoms with Crippen molar-refractivity contribution >= 4 is 18.9 Å². The Morgan fingerprint density at radius 2 is 1.84 bits per heavy atom. The summed E-state index contributed by atoms with van der Waals surface area (Å²) in [5.74, 6) is 1.33. The third kappa shape index (κ3) is 2.20. The SMILES string of the molecule is C[C@]12C=CC(C=O)C=C1CC[C@@H]1[C@@H]2C(C=O)C[C@]2(C)C(C=O)CC[C@@H]12. The predicted octanol–water partition coefficient (Wildman–Crippen LogP) is 3.78. The highest BCUT2D eigenvalue weighted by Gasteiger charge is 2.61. The summed E-state index contributed by atoms with van der Waals surface area (Å²) in [6.07, 6.45) is 14.7. The average Bonchev–Trinajstić information content (AvgIpc) is 2.96. The summed E-state index contributed by atoms with van der Waals surface area (Å²) in [6.45, 7) is 4.52. The molecule has 0 heterocycles. The van der Waals surface area contributed by atoms with E-state index in [0.29, 0.717) is 17.8 Å². The van der Waals surface area contributed by atoms with Crippen LogP contribution in [0.3, 0.4) is 0 Å². The van der Waals surface area contributed by atoms with Gasteiger partial charge in [-0.2, -0.15) is 0 Å². The van der Waals surface area contributed by atoms with Crippen molar-refractivity contribution in [3.8, 4) is 0 Å². The molecule has 0 radical (unpaired) electrons. The number of rotatable bonds is 3. The summed E-state index contributed by atoms with van der Waals surface area (Å²) in [5.41, 5.74) is 1.21. The van der Waals surface area contributed by atoms with Gasteiger partial charge < -0.3 is 14.4 Å². The van der Waals surface area contributed by atoms with Crippen LogP contribution in [0, 0.1) is 46.3 Å². The molecule has 0 aromatic carbocycles. The molecule has 134 valence electrons. The lowest BCUT2D eigenvalue weighted by atomic mass is 9.45. The zero-order chi connectivity index (χ0) is 17.8. The van der Waals surface area contributed by atoms with Crippen molar-refractivity contribution < 1.29 is 14.4 Å². The van der Waals surface area contributed by atoms with Gasteiger partial charge in [-0.3, -0.25) is 0 Å². The summed E-state index contributed by atoms with van der Waals surface area (Å²) in [5, 5.41) is 0. The molecule has 0 N–H and O–H groups in total. The van der Waals surface area contributed by atoms with E-state index in [1.54, 1.807) is 0 Å².